The molecular weight excluding hydrogens is 286 g/mol. The Balaban J connectivity index is 2.48. The quantitative estimate of drug-likeness (QED) is 0.919. The summed E-state index contributed by atoms with van der Waals surface area (Å²) in [6.07, 6.45) is 4.59. The largest absolute Gasteiger partial charge is 0.478 e. The van der Waals surface area contributed by atoms with Crippen molar-refractivity contribution in [2.24, 2.45) is 0 Å². The van der Waals surface area contributed by atoms with E-state index >= 15 is 0 Å². The Kier molecular flexibility index (Phi) is 3.14. The van der Waals surface area contributed by atoms with Crippen LogP contribution in [0.15, 0.2) is 29.1 Å². The van der Waals surface area contributed by atoms with E-state index in [0.717, 1.165) is 10.0 Å². The molecule has 0 amide bonds. The molecule has 0 aliphatic rings. The van der Waals surface area contributed by atoms with E-state index in [1.807, 2.05) is 6.07 Å². The number of hydrogen-bond donors (Lipinski definition) is 1. The lowest BCUT2D eigenvalue weighted by atomic mass is 10.2. The van der Waals surface area contributed by atoms with Crippen molar-refractivity contribution >= 4 is 21.9 Å². The maximum Gasteiger partial charge on any atom is 0.339 e. The number of halogens is 1. The van der Waals surface area contributed by atoms with Gasteiger partial charge in [0.05, 0.1) is 11.3 Å². The average Bonchev–Trinajstić information content (AvgIpc) is 2.28. The lowest BCUT2D eigenvalue weighted by molar-refractivity contribution is 0.0695. The fourth-order valence-corrected chi connectivity index (χ4v) is 1.72. The van der Waals surface area contributed by atoms with Gasteiger partial charge in [-0.25, -0.2) is 14.8 Å². The van der Waals surface area contributed by atoms with Gasteiger partial charge in [-0.2, -0.15) is 0 Å². The summed E-state index contributed by atoms with van der Waals surface area (Å²) in [6, 6.07) is 1.82. The molecule has 2 aromatic heterocycles. The van der Waals surface area contributed by atoms with Crippen molar-refractivity contribution in [3.05, 3.63) is 40.4 Å². The summed E-state index contributed by atoms with van der Waals surface area (Å²) in [4.78, 5) is 23.0. The molecule has 0 radical (unpaired) electrons. The van der Waals surface area contributed by atoms with Crippen molar-refractivity contribution in [3.63, 3.8) is 0 Å². The molecule has 0 aliphatic heterocycles. The highest BCUT2D eigenvalue weighted by Crippen LogP contribution is 2.19. The number of nitrogens with zero attached hydrogens (tertiary/aromatic N) is 3. The van der Waals surface area contributed by atoms with Crippen LogP contribution in [-0.4, -0.2) is 26.0 Å². The van der Waals surface area contributed by atoms with Gasteiger partial charge in [-0.3, -0.25) is 4.98 Å². The third-order valence-electron chi connectivity index (χ3n) is 2.17. The fraction of sp³-hybridized carbons (Fsp3) is 0.0909. The maximum absolute atomic E-state index is 10.8. The Morgan fingerprint density at radius 1 is 1.35 bits per heavy atom. The Labute approximate surface area is 106 Å². The van der Waals surface area contributed by atoms with Crippen LogP contribution in [0.3, 0.4) is 0 Å². The highest BCUT2D eigenvalue weighted by molar-refractivity contribution is 9.10. The van der Waals surface area contributed by atoms with Gasteiger partial charge in [0.1, 0.15) is 0 Å². The van der Waals surface area contributed by atoms with E-state index in [4.69, 9.17) is 5.11 Å². The summed E-state index contributed by atoms with van der Waals surface area (Å²) >= 11 is 3.30. The molecule has 2 aromatic rings. The number of hydrogen-bond acceptors (Lipinski definition) is 4. The van der Waals surface area contributed by atoms with E-state index in [2.05, 4.69) is 30.9 Å². The zero-order valence-electron chi connectivity index (χ0n) is 8.88. The standard InChI is InChI=1S/C11H8BrN3O2/c1-6-9(11(16)17)5-14-10(15-6)7-2-8(12)4-13-3-7/h2-5H,1H3,(H,16,17). The summed E-state index contributed by atoms with van der Waals surface area (Å²) in [7, 11) is 0. The number of carboxylic acid groups (broad SMARTS) is 1. The van der Waals surface area contributed by atoms with Gasteiger partial charge < -0.3 is 5.11 Å². The summed E-state index contributed by atoms with van der Waals surface area (Å²) in [5, 5.41) is 8.87. The minimum absolute atomic E-state index is 0.108. The van der Waals surface area contributed by atoms with Gasteiger partial charge in [0.2, 0.25) is 0 Å². The molecule has 2 heterocycles. The molecule has 17 heavy (non-hydrogen) atoms. The summed E-state index contributed by atoms with van der Waals surface area (Å²) < 4.78 is 0.818. The third kappa shape index (κ3) is 2.47. The molecule has 5 nitrogen and oxygen atoms in total. The zero-order chi connectivity index (χ0) is 12.4. The molecule has 0 saturated carbocycles. The van der Waals surface area contributed by atoms with Crippen molar-refractivity contribution in [2.45, 2.75) is 6.92 Å². The van der Waals surface area contributed by atoms with E-state index in [1.165, 1.54) is 6.20 Å². The fourth-order valence-electron chi connectivity index (χ4n) is 1.35. The summed E-state index contributed by atoms with van der Waals surface area (Å²) in [5.41, 5.74) is 1.28. The van der Waals surface area contributed by atoms with Crippen molar-refractivity contribution < 1.29 is 9.90 Å². The smallest absolute Gasteiger partial charge is 0.339 e. The number of carbonyl (C=O) groups is 1. The first-order chi connectivity index (χ1) is 8.08. The molecule has 0 aromatic carbocycles. The zero-order valence-corrected chi connectivity index (χ0v) is 10.5. The van der Waals surface area contributed by atoms with Crippen LogP contribution in [0.4, 0.5) is 0 Å². The molecule has 0 aliphatic carbocycles. The number of aromatic nitrogens is 3. The number of aromatic carboxylic acids is 1. The monoisotopic (exact) mass is 293 g/mol. The van der Waals surface area contributed by atoms with Crippen LogP contribution in [0, 0.1) is 6.92 Å². The molecule has 0 spiro atoms. The van der Waals surface area contributed by atoms with Crippen molar-refractivity contribution in [3.8, 4) is 11.4 Å². The molecule has 1 N–H and O–H groups in total. The molecule has 0 unspecified atom stereocenters. The Bertz CT molecular complexity index is 587. The van der Waals surface area contributed by atoms with Crippen LogP contribution in [0.5, 0.6) is 0 Å². The van der Waals surface area contributed by atoms with Gasteiger partial charge in [-0.05, 0) is 28.9 Å². The average molecular weight is 294 g/mol. The number of aryl methyl sites for hydroxylation is 1. The molecule has 2 rings (SSSR count). The summed E-state index contributed by atoms with van der Waals surface area (Å²) in [6.45, 7) is 1.64. The molecule has 6 heteroatoms. The van der Waals surface area contributed by atoms with Gasteiger partial charge in [-0.15, -0.1) is 0 Å². The minimum Gasteiger partial charge on any atom is -0.478 e. The lowest BCUT2D eigenvalue weighted by Gasteiger charge is -2.03. The number of pyridine rings is 1. The van der Waals surface area contributed by atoms with Gasteiger partial charge in [-0.1, -0.05) is 0 Å². The normalized spacial score (nSPS) is 10.2. The minimum atomic E-state index is -1.03. The van der Waals surface area contributed by atoms with Crippen LogP contribution in [-0.2, 0) is 0 Å². The molecule has 0 saturated heterocycles. The molecular formula is C11H8BrN3O2. The topological polar surface area (TPSA) is 76.0 Å². The Morgan fingerprint density at radius 3 is 2.71 bits per heavy atom. The summed E-state index contributed by atoms with van der Waals surface area (Å²) in [5.74, 6) is -0.567. The second-order valence-electron chi connectivity index (χ2n) is 3.39. The van der Waals surface area contributed by atoms with E-state index in [0.29, 0.717) is 11.5 Å². The van der Waals surface area contributed by atoms with E-state index in [-0.39, 0.29) is 5.56 Å². The second-order valence-corrected chi connectivity index (χ2v) is 4.31. The van der Waals surface area contributed by atoms with Crippen molar-refractivity contribution in [1.82, 2.24) is 15.0 Å². The maximum atomic E-state index is 10.8. The first-order valence-corrected chi connectivity index (χ1v) is 5.55. The predicted molar refractivity (Wildman–Crippen MR) is 64.7 cm³/mol. The first kappa shape index (κ1) is 11.7. The lowest BCUT2D eigenvalue weighted by Crippen LogP contribution is -2.04. The van der Waals surface area contributed by atoms with E-state index in [9.17, 15) is 4.79 Å². The van der Waals surface area contributed by atoms with Crippen LogP contribution < -0.4 is 0 Å². The SMILES string of the molecule is Cc1nc(-c2cncc(Br)c2)ncc1C(=O)O. The van der Waals surface area contributed by atoms with Crippen molar-refractivity contribution in [2.75, 3.05) is 0 Å². The first-order valence-electron chi connectivity index (χ1n) is 4.76. The number of carboxylic acids is 1. The van der Waals surface area contributed by atoms with Crippen molar-refractivity contribution in [1.29, 1.82) is 0 Å². The highest BCUT2D eigenvalue weighted by atomic mass is 79.9. The Morgan fingerprint density at radius 2 is 2.12 bits per heavy atom. The van der Waals surface area contributed by atoms with Crippen LogP contribution in [0.2, 0.25) is 0 Å². The van der Waals surface area contributed by atoms with E-state index in [1.54, 1.807) is 19.3 Å². The number of rotatable bonds is 2. The second kappa shape index (κ2) is 4.58. The molecule has 86 valence electrons. The Hall–Kier alpha value is -1.82. The van der Waals surface area contributed by atoms with Gasteiger partial charge in [0.15, 0.2) is 5.82 Å². The van der Waals surface area contributed by atoms with Gasteiger partial charge in [0.25, 0.3) is 0 Å². The third-order valence-corrected chi connectivity index (χ3v) is 2.61. The van der Waals surface area contributed by atoms with Crippen LogP contribution in [0.25, 0.3) is 11.4 Å². The highest BCUT2D eigenvalue weighted by Gasteiger charge is 2.11. The predicted octanol–water partition coefficient (Wildman–Crippen LogP) is 2.31. The molecule has 0 bridgehead atoms. The molecule has 0 atom stereocenters. The van der Waals surface area contributed by atoms with E-state index < -0.39 is 5.97 Å². The van der Waals surface area contributed by atoms with Gasteiger partial charge >= 0.3 is 5.97 Å². The molecule has 0 fully saturated rings. The van der Waals surface area contributed by atoms with Gasteiger partial charge in [0, 0.05) is 28.6 Å². The van der Waals surface area contributed by atoms with Crippen LogP contribution in [0.1, 0.15) is 16.1 Å². The van der Waals surface area contributed by atoms with Crippen LogP contribution >= 0.6 is 15.9 Å².